The summed E-state index contributed by atoms with van der Waals surface area (Å²) in [6.45, 7) is 4.91. The number of pyridine rings is 1. The Balaban J connectivity index is 1.74. The molecule has 6 heteroatoms. The number of rotatable bonds is 5. The van der Waals surface area contributed by atoms with E-state index in [1.807, 2.05) is 44.2 Å². The number of hydrogen-bond donors (Lipinski definition) is 0. The molecule has 0 bridgehead atoms. The van der Waals surface area contributed by atoms with Gasteiger partial charge in [-0.05, 0) is 36.6 Å². The summed E-state index contributed by atoms with van der Waals surface area (Å²) in [4.78, 5) is 26.0. The number of amides is 1. The number of aromatic nitrogens is 1. The van der Waals surface area contributed by atoms with E-state index in [9.17, 15) is 9.59 Å². The lowest BCUT2D eigenvalue weighted by Crippen LogP contribution is -2.50. The third-order valence-corrected chi connectivity index (χ3v) is 5.20. The smallest absolute Gasteiger partial charge is 0.410 e. The second-order valence-electron chi connectivity index (χ2n) is 7.36. The number of cyclic esters (lactones) is 1. The van der Waals surface area contributed by atoms with Gasteiger partial charge >= 0.3 is 6.09 Å². The molecule has 2 aromatic rings. The molecule has 1 aromatic carbocycles. The average Bonchev–Trinajstić information content (AvgIpc) is 2.64. The standard InChI is InChI=1S/C21H26N2O4/c1-15(23-12-10-21(2,14-26-4)27-20(23)25)16-5-7-17(8-6-16)18-9-11-22(3)19(24)13-18/h5-9,11,13,15H,10,12,14H2,1-4H3/t15-,21-/m0/s1. The highest BCUT2D eigenvalue weighted by molar-refractivity contribution is 5.70. The number of ether oxygens (including phenoxy) is 2. The summed E-state index contributed by atoms with van der Waals surface area (Å²) in [6, 6.07) is 11.4. The van der Waals surface area contributed by atoms with Crippen LogP contribution in [0, 0.1) is 0 Å². The summed E-state index contributed by atoms with van der Waals surface area (Å²) in [5.74, 6) is 0. The first-order valence-corrected chi connectivity index (χ1v) is 9.08. The van der Waals surface area contributed by atoms with Gasteiger partial charge in [0.05, 0.1) is 12.6 Å². The van der Waals surface area contributed by atoms with Crippen molar-refractivity contribution in [3.8, 4) is 11.1 Å². The Morgan fingerprint density at radius 3 is 2.48 bits per heavy atom. The molecular formula is C21H26N2O4. The average molecular weight is 370 g/mol. The first kappa shape index (κ1) is 19.2. The molecule has 1 aliphatic heterocycles. The van der Waals surface area contributed by atoms with Gasteiger partial charge < -0.3 is 18.9 Å². The van der Waals surface area contributed by atoms with Crippen LogP contribution < -0.4 is 5.56 Å². The second kappa shape index (κ2) is 7.56. The summed E-state index contributed by atoms with van der Waals surface area (Å²) >= 11 is 0. The minimum Gasteiger partial charge on any atom is -0.441 e. The van der Waals surface area contributed by atoms with E-state index in [0.29, 0.717) is 13.2 Å². The minimum atomic E-state index is -0.564. The van der Waals surface area contributed by atoms with Gasteiger partial charge in [0.25, 0.3) is 5.56 Å². The molecule has 1 aromatic heterocycles. The van der Waals surface area contributed by atoms with E-state index in [0.717, 1.165) is 23.1 Å². The zero-order valence-electron chi connectivity index (χ0n) is 16.3. The van der Waals surface area contributed by atoms with Gasteiger partial charge in [-0.15, -0.1) is 0 Å². The molecule has 144 valence electrons. The Bertz CT molecular complexity index is 874. The maximum Gasteiger partial charge on any atom is 0.410 e. The Labute approximate surface area is 159 Å². The molecule has 1 amide bonds. The lowest BCUT2D eigenvalue weighted by atomic mass is 9.98. The van der Waals surface area contributed by atoms with Crippen LogP contribution in [-0.4, -0.2) is 41.4 Å². The second-order valence-corrected chi connectivity index (χ2v) is 7.36. The highest BCUT2D eigenvalue weighted by atomic mass is 16.6. The number of methoxy groups -OCH3 is 1. The highest BCUT2D eigenvalue weighted by Gasteiger charge is 2.38. The molecule has 0 spiro atoms. The van der Waals surface area contributed by atoms with E-state index in [1.165, 1.54) is 0 Å². The van der Waals surface area contributed by atoms with Crippen molar-refractivity contribution in [3.63, 3.8) is 0 Å². The predicted molar refractivity (Wildman–Crippen MR) is 104 cm³/mol. The first-order chi connectivity index (χ1) is 12.8. The fourth-order valence-electron chi connectivity index (χ4n) is 3.39. The Kier molecular flexibility index (Phi) is 5.37. The summed E-state index contributed by atoms with van der Waals surface area (Å²) < 4.78 is 12.3. The van der Waals surface area contributed by atoms with Crippen LogP contribution >= 0.6 is 0 Å². The maximum absolute atomic E-state index is 12.5. The van der Waals surface area contributed by atoms with Gasteiger partial charge in [-0.1, -0.05) is 24.3 Å². The van der Waals surface area contributed by atoms with Gasteiger partial charge in [0.1, 0.15) is 5.60 Å². The molecule has 2 heterocycles. The number of carbonyl (C=O) groups excluding carboxylic acids is 1. The molecule has 0 N–H and O–H groups in total. The molecule has 6 nitrogen and oxygen atoms in total. The van der Waals surface area contributed by atoms with Crippen LogP contribution in [0.15, 0.2) is 47.4 Å². The SMILES string of the molecule is COC[C@]1(C)CCN([C@@H](C)c2ccc(-c3ccn(C)c(=O)c3)cc2)C(=O)O1. The fourth-order valence-corrected chi connectivity index (χ4v) is 3.39. The van der Waals surface area contributed by atoms with Crippen LogP contribution in [0.3, 0.4) is 0 Å². The Morgan fingerprint density at radius 1 is 1.19 bits per heavy atom. The largest absolute Gasteiger partial charge is 0.441 e. The summed E-state index contributed by atoms with van der Waals surface area (Å²) in [6.07, 6.45) is 2.17. The van der Waals surface area contributed by atoms with E-state index < -0.39 is 5.60 Å². The molecule has 2 atom stereocenters. The molecule has 3 rings (SSSR count). The van der Waals surface area contributed by atoms with Gasteiger partial charge in [0.15, 0.2) is 0 Å². The summed E-state index contributed by atoms with van der Waals surface area (Å²) in [5, 5.41) is 0. The lowest BCUT2D eigenvalue weighted by Gasteiger charge is -2.41. The lowest BCUT2D eigenvalue weighted by molar-refractivity contribution is -0.0804. The van der Waals surface area contributed by atoms with Crippen LogP contribution in [-0.2, 0) is 16.5 Å². The maximum atomic E-state index is 12.5. The van der Waals surface area contributed by atoms with Crippen molar-refractivity contribution in [1.29, 1.82) is 0 Å². The van der Waals surface area contributed by atoms with Gasteiger partial charge in [0.2, 0.25) is 0 Å². The van der Waals surface area contributed by atoms with Crippen molar-refractivity contribution in [2.75, 3.05) is 20.3 Å². The third-order valence-electron chi connectivity index (χ3n) is 5.20. The molecule has 0 radical (unpaired) electrons. The number of carbonyl (C=O) groups is 1. The molecular weight excluding hydrogens is 344 g/mol. The van der Waals surface area contributed by atoms with Crippen molar-refractivity contribution < 1.29 is 14.3 Å². The molecule has 1 aliphatic rings. The van der Waals surface area contributed by atoms with Crippen LogP contribution in [0.5, 0.6) is 0 Å². The monoisotopic (exact) mass is 370 g/mol. The van der Waals surface area contributed by atoms with E-state index in [-0.39, 0.29) is 17.7 Å². The Morgan fingerprint density at radius 2 is 1.89 bits per heavy atom. The van der Waals surface area contributed by atoms with Crippen LogP contribution in [0.25, 0.3) is 11.1 Å². The number of benzene rings is 1. The fraction of sp³-hybridized carbons (Fsp3) is 0.429. The van der Waals surface area contributed by atoms with Crippen LogP contribution in [0.4, 0.5) is 4.79 Å². The van der Waals surface area contributed by atoms with Crippen molar-refractivity contribution >= 4 is 6.09 Å². The minimum absolute atomic E-state index is 0.0416. The Hall–Kier alpha value is -2.60. The van der Waals surface area contributed by atoms with E-state index >= 15 is 0 Å². The van der Waals surface area contributed by atoms with Crippen molar-refractivity contribution in [2.24, 2.45) is 7.05 Å². The van der Waals surface area contributed by atoms with Gasteiger partial charge in [-0.2, -0.15) is 0 Å². The molecule has 0 saturated carbocycles. The normalized spacial score (nSPS) is 21.0. The molecule has 1 fully saturated rings. The summed E-state index contributed by atoms with van der Waals surface area (Å²) in [7, 11) is 3.34. The quantitative estimate of drug-likeness (QED) is 0.810. The van der Waals surface area contributed by atoms with Gasteiger partial charge in [-0.3, -0.25) is 4.79 Å². The zero-order valence-corrected chi connectivity index (χ0v) is 16.3. The molecule has 1 saturated heterocycles. The van der Waals surface area contributed by atoms with Crippen molar-refractivity contribution in [2.45, 2.75) is 31.9 Å². The zero-order chi connectivity index (χ0) is 19.6. The molecule has 0 unspecified atom stereocenters. The van der Waals surface area contributed by atoms with Crippen LogP contribution in [0.1, 0.15) is 31.9 Å². The number of nitrogens with zero attached hydrogens (tertiary/aromatic N) is 2. The topological polar surface area (TPSA) is 60.8 Å². The van der Waals surface area contributed by atoms with E-state index in [4.69, 9.17) is 9.47 Å². The molecule has 27 heavy (non-hydrogen) atoms. The number of aryl methyl sites for hydroxylation is 1. The van der Waals surface area contributed by atoms with Crippen molar-refractivity contribution in [1.82, 2.24) is 9.47 Å². The molecule has 0 aliphatic carbocycles. The highest BCUT2D eigenvalue weighted by Crippen LogP contribution is 2.31. The predicted octanol–water partition coefficient (Wildman–Crippen LogP) is 3.36. The van der Waals surface area contributed by atoms with Gasteiger partial charge in [0, 0.05) is 39.4 Å². The van der Waals surface area contributed by atoms with Crippen molar-refractivity contribution in [3.05, 3.63) is 58.5 Å². The van der Waals surface area contributed by atoms with E-state index in [2.05, 4.69) is 0 Å². The number of hydrogen-bond acceptors (Lipinski definition) is 4. The third kappa shape index (κ3) is 4.06. The van der Waals surface area contributed by atoms with E-state index in [1.54, 1.807) is 35.9 Å². The van der Waals surface area contributed by atoms with Crippen LogP contribution in [0.2, 0.25) is 0 Å². The van der Waals surface area contributed by atoms with Gasteiger partial charge in [-0.25, -0.2) is 4.79 Å². The first-order valence-electron chi connectivity index (χ1n) is 9.08. The summed E-state index contributed by atoms with van der Waals surface area (Å²) in [5.41, 5.74) is 2.27.